The maximum absolute atomic E-state index is 12.6. The number of benzene rings is 1. The Bertz CT molecular complexity index is 796. The molecule has 3 aromatic rings. The number of alkyl halides is 3. The summed E-state index contributed by atoms with van der Waals surface area (Å²) in [6.45, 7) is 0. The van der Waals surface area contributed by atoms with Crippen LogP contribution in [0.25, 0.3) is 17.2 Å². The third-order valence-electron chi connectivity index (χ3n) is 2.81. The minimum atomic E-state index is -4.51. The molecule has 1 radical (unpaired) electrons. The summed E-state index contributed by atoms with van der Waals surface area (Å²) in [5.74, 6) is 0.00273. The molecule has 0 aliphatic heterocycles. The second-order valence-corrected chi connectivity index (χ2v) is 4.77. The minimum absolute atomic E-state index is 0.00273. The maximum Gasteiger partial charge on any atom is 0.435 e. The van der Waals surface area contributed by atoms with Gasteiger partial charge in [0.05, 0.1) is 11.9 Å². The van der Waals surface area contributed by atoms with Gasteiger partial charge < -0.3 is 0 Å². The standard InChI is InChI=1S/C14H7ClF3N4/c15-10-3-1-9(2-4-10)11-5-7-19-13(20-11)22-8-6-12(21-22)14(16,17)18/h1-6,8H. The fourth-order valence-corrected chi connectivity index (χ4v) is 1.90. The highest BCUT2D eigenvalue weighted by molar-refractivity contribution is 6.30. The van der Waals surface area contributed by atoms with Gasteiger partial charge in [0.15, 0.2) is 5.69 Å². The molecule has 0 amide bonds. The second kappa shape index (κ2) is 5.42. The number of halogens is 4. The van der Waals surface area contributed by atoms with Crippen LogP contribution in [-0.4, -0.2) is 19.7 Å². The maximum atomic E-state index is 12.6. The van der Waals surface area contributed by atoms with E-state index in [0.717, 1.165) is 22.5 Å². The molecule has 22 heavy (non-hydrogen) atoms. The molecule has 0 spiro atoms. The first-order valence-corrected chi connectivity index (χ1v) is 6.45. The predicted molar refractivity (Wildman–Crippen MR) is 73.4 cm³/mol. The molecule has 0 saturated heterocycles. The first-order chi connectivity index (χ1) is 10.4. The Labute approximate surface area is 128 Å². The highest BCUT2D eigenvalue weighted by atomic mass is 35.5. The van der Waals surface area contributed by atoms with E-state index >= 15 is 0 Å². The highest BCUT2D eigenvalue weighted by Crippen LogP contribution is 2.27. The Hall–Kier alpha value is -2.41. The monoisotopic (exact) mass is 323 g/mol. The lowest BCUT2D eigenvalue weighted by atomic mass is 10.1. The van der Waals surface area contributed by atoms with Gasteiger partial charge in [0.1, 0.15) is 0 Å². The summed E-state index contributed by atoms with van der Waals surface area (Å²) in [4.78, 5) is 8.01. The van der Waals surface area contributed by atoms with Crippen molar-refractivity contribution in [3.63, 3.8) is 0 Å². The van der Waals surface area contributed by atoms with Crippen molar-refractivity contribution in [2.45, 2.75) is 6.18 Å². The Balaban J connectivity index is 1.97. The van der Waals surface area contributed by atoms with Crippen LogP contribution < -0.4 is 0 Å². The first kappa shape index (κ1) is 14.5. The van der Waals surface area contributed by atoms with Crippen LogP contribution in [0.2, 0.25) is 5.02 Å². The molecular formula is C14H7ClF3N4. The fourth-order valence-electron chi connectivity index (χ4n) is 1.77. The van der Waals surface area contributed by atoms with Crippen molar-refractivity contribution in [2.75, 3.05) is 0 Å². The SMILES string of the molecule is FC(F)(F)c1ccn(-c2n[c]cc(-c3ccc(Cl)cc3)n2)n1. The van der Waals surface area contributed by atoms with Crippen LogP contribution >= 0.6 is 11.6 Å². The molecule has 2 aromatic heterocycles. The summed E-state index contributed by atoms with van der Waals surface area (Å²) in [6, 6.07) is 9.25. The van der Waals surface area contributed by atoms with E-state index in [1.165, 1.54) is 6.07 Å². The number of hydrogen-bond acceptors (Lipinski definition) is 3. The van der Waals surface area contributed by atoms with Crippen LogP contribution in [0.15, 0.2) is 42.6 Å². The largest absolute Gasteiger partial charge is 0.435 e. The molecule has 0 aliphatic carbocycles. The van der Waals surface area contributed by atoms with Gasteiger partial charge in [-0.2, -0.15) is 18.3 Å². The zero-order valence-corrected chi connectivity index (χ0v) is 11.6. The van der Waals surface area contributed by atoms with Crippen LogP contribution in [0.4, 0.5) is 13.2 Å². The topological polar surface area (TPSA) is 43.6 Å². The van der Waals surface area contributed by atoms with Crippen LogP contribution in [0.5, 0.6) is 0 Å². The van der Waals surface area contributed by atoms with Gasteiger partial charge in [-0.05, 0) is 24.3 Å². The number of hydrogen-bond donors (Lipinski definition) is 0. The van der Waals surface area contributed by atoms with Crippen LogP contribution in [0, 0.1) is 6.20 Å². The number of nitrogens with zero attached hydrogens (tertiary/aromatic N) is 4. The Morgan fingerprint density at radius 1 is 1.09 bits per heavy atom. The Morgan fingerprint density at radius 3 is 2.45 bits per heavy atom. The van der Waals surface area contributed by atoms with Crippen molar-refractivity contribution in [3.05, 3.63) is 59.5 Å². The molecule has 0 bridgehead atoms. The van der Waals surface area contributed by atoms with E-state index in [2.05, 4.69) is 21.3 Å². The number of aromatic nitrogens is 4. The molecule has 8 heteroatoms. The van der Waals surface area contributed by atoms with E-state index < -0.39 is 11.9 Å². The average Bonchev–Trinajstić information content (AvgIpc) is 2.98. The van der Waals surface area contributed by atoms with Crippen molar-refractivity contribution in [1.82, 2.24) is 19.7 Å². The van der Waals surface area contributed by atoms with Crippen molar-refractivity contribution in [2.24, 2.45) is 0 Å². The molecule has 4 nitrogen and oxygen atoms in total. The first-order valence-electron chi connectivity index (χ1n) is 6.08. The van der Waals surface area contributed by atoms with E-state index in [1.54, 1.807) is 24.3 Å². The van der Waals surface area contributed by atoms with Crippen LogP contribution in [0.3, 0.4) is 0 Å². The van der Waals surface area contributed by atoms with Gasteiger partial charge in [-0.15, -0.1) is 0 Å². The Morgan fingerprint density at radius 2 is 1.82 bits per heavy atom. The lowest BCUT2D eigenvalue weighted by Crippen LogP contribution is -2.08. The second-order valence-electron chi connectivity index (χ2n) is 4.33. The molecule has 3 rings (SSSR count). The van der Waals surface area contributed by atoms with Gasteiger partial charge in [0.2, 0.25) is 0 Å². The van der Waals surface area contributed by atoms with Gasteiger partial charge in [-0.25, -0.2) is 14.6 Å². The normalized spacial score (nSPS) is 11.6. The molecule has 0 saturated carbocycles. The zero-order valence-electron chi connectivity index (χ0n) is 10.8. The highest BCUT2D eigenvalue weighted by Gasteiger charge is 2.33. The third kappa shape index (κ3) is 2.94. The van der Waals surface area contributed by atoms with Crippen molar-refractivity contribution in [1.29, 1.82) is 0 Å². The average molecular weight is 324 g/mol. The smallest absolute Gasteiger partial charge is 0.211 e. The zero-order chi connectivity index (χ0) is 15.7. The Kier molecular flexibility index (Phi) is 3.58. The third-order valence-corrected chi connectivity index (χ3v) is 3.06. The molecule has 0 aliphatic rings. The summed E-state index contributed by atoms with van der Waals surface area (Å²) < 4.78 is 38.6. The molecule has 2 heterocycles. The van der Waals surface area contributed by atoms with E-state index in [4.69, 9.17) is 11.6 Å². The minimum Gasteiger partial charge on any atom is -0.211 e. The molecule has 0 unspecified atom stereocenters. The molecule has 1 aromatic carbocycles. The van der Waals surface area contributed by atoms with E-state index in [9.17, 15) is 13.2 Å². The van der Waals surface area contributed by atoms with Crippen molar-refractivity contribution >= 4 is 11.6 Å². The molecule has 111 valence electrons. The number of rotatable bonds is 2. The van der Waals surface area contributed by atoms with Crippen LogP contribution in [-0.2, 0) is 6.18 Å². The lowest BCUT2D eigenvalue weighted by Gasteiger charge is -2.04. The van der Waals surface area contributed by atoms with Gasteiger partial charge in [0.25, 0.3) is 5.95 Å². The van der Waals surface area contributed by atoms with Gasteiger partial charge in [-0.1, -0.05) is 23.7 Å². The predicted octanol–water partition coefficient (Wildman–Crippen LogP) is 3.80. The summed E-state index contributed by atoms with van der Waals surface area (Å²) in [7, 11) is 0. The summed E-state index contributed by atoms with van der Waals surface area (Å²) in [5.41, 5.74) is 0.242. The van der Waals surface area contributed by atoms with E-state index in [-0.39, 0.29) is 5.95 Å². The van der Waals surface area contributed by atoms with E-state index in [1.807, 2.05) is 0 Å². The lowest BCUT2D eigenvalue weighted by molar-refractivity contribution is -0.141. The molecule has 0 fully saturated rings. The molecule has 0 N–H and O–H groups in total. The van der Waals surface area contributed by atoms with Gasteiger partial charge in [0, 0.05) is 16.8 Å². The fraction of sp³-hybridized carbons (Fsp3) is 0.0714. The quantitative estimate of drug-likeness (QED) is 0.720. The van der Waals surface area contributed by atoms with Gasteiger partial charge in [-0.3, -0.25) is 0 Å². The van der Waals surface area contributed by atoms with Crippen LogP contribution in [0.1, 0.15) is 5.69 Å². The molecular weight excluding hydrogens is 317 g/mol. The summed E-state index contributed by atoms with van der Waals surface area (Å²) in [6.07, 6.45) is -0.759. The van der Waals surface area contributed by atoms with Crippen molar-refractivity contribution in [3.8, 4) is 17.2 Å². The molecule has 0 atom stereocenters. The van der Waals surface area contributed by atoms with Gasteiger partial charge >= 0.3 is 6.18 Å². The summed E-state index contributed by atoms with van der Waals surface area (Å²) in [5, 5.41) is 4.00. The van der Waals surface area contributed by atoms with Crippen molar-refractivity contribution < 1.29 is 13.2 Å². The summed E-state index contributed by atoms with van der Waals surface area (Å²) >= 11 is 5.81. The van der Waals surface area contributed by atoms with E-state index in [0.29, 0.717) is 10.7 Å².